The normalized spacial score (nSPS) is 14.4. The molecule has 0 aromatic heterocycles. The molecule has 3 N–H and O–H groups in total. The number of rotatable bonds is 10. The molecule has 0 spiro atoms. The third-order valence-corrected chi connectivity index (χ3v) is 6.73. The van der Waals surface area contributed by atoms with Crippen molar-refractivity contribution < 1.29 is 32.6 Å². The van der Waals surface area contributed by atoms with Gasteiger partial charge in [-0.05, 0) is 35.1 Å². The van der Waals surface area contributed by atoms with Crippen LogP contribution < -0.4 is 10.6 Å². The minimum Gasteiger partial charge on any atom is -0.480 e. The van der Waals surface area contributed by atoms with Gasteiger partial charge in [-0.3, -0.25) is 4.79 Å². The fourth-order valence-electron chi connectivity index (χ4n) is 3.99. The lowest BCUT2D eigenvalue weighted by Crippen LogP contribution is -2.52. The van der Waals surface area contributed by atoms with Crippen molar-refractivity contribution in [1.82, 2.24) is 10.6 Å². The second kappa shape index (κ2) is 10.7. The number of hydrogen-bond donors (Lipinski definition) is 3. The second-order valence-corrected chi connectivity index (χ2v) is 10.5. The number of fused-ring (bicyclic) bond motifs is 3. The average Bonchev–Trinajstić information content (AvgIpc) is 3.11. The van der Waals surface area contributed by atoms with Gasteiger partial charge in [0.05, 0.1) is 5.75 Å². The minimum atomic E-state index is -3.42. The average molecular weight is 489 g/mol. The number of carbonyl (C=O) groups excluding carboxylic acids is 2. The number of aliphatic carboxylic acids is 1. The van der Waals surface area contributed by atoms with Gasteiger partial charge < -0.3 is 20.5 Å². The summed E-state index contributed by atoms with van der Waals surface area (Å²) in [6.45, 7) is 1.61. The van der Waals surface area contributed by atoms with Gasteiger partial charge in [0.2, 0.25) is 5.91 Å². The van der Waals surface area contributed by atoms with Gasteiger partial charge in [-0.15, -0.1) is 0 Å². The number of sulfone groups is 1. The highest BCUT2D eigenvalue weighted by Gasteiger charge is 2.30. The van der Waals surface area contributed by atoms with Crippen LogP contribution in [0.25, 0.3) is 11.1 Å². The largest absolute Gasteiger partial charge is 0.480 e. The van der Waals surface area contributed by atoms with E-state index in [0.717, 1.165) is 28.5 Å². The standard InChI is InChI=1S/C24H28N2O7S/c1-3-20(23(28)29)25-22(27)21(12-13-34(2,31)32)26-24(30)33-14-19-17-10-6-4-8-15(17)16-9-5-7-11-18(16)19/h4-11,19-21H,3,12-14H2,1-2H3,(H,25,27)(H,26,30)(H,28,29)/t20-,21?/m1/s1. The lowest BCUT2D eigenvalue weighted by Gasteiger charge is -2.21. The minimum absolute atomic E-state index is 0.0208. The van der Waals surface area contributed by atoms with Crippen LogP contribution in [0.4, 0.5) is 4.79 Å². The monoisotopic (exact) mass is 488 g/mol. The van der Waals surface area contributed by atoms with Crippen molar-refractivity contribution in [2.24, 2.45) is 0 Å². The molecule has 0 aliphatic heterocycles. The number of carboxylic acid groups (broad SMARTS) is 1. The molecule has 2 amide bonds. The Hall–Kier alpha value is -3.40. The zero-order valence-corrected chi connectivity index (χ0v) is 19.8. The molecule has 1 aliphatic carbocycles. The van der Waals surface area contributed by atoms with Gasteiger partial charge in [-0.1, -0.05) is 55.5 Å². The Morgan fingerprint density at radius 2 is 1.53 bits per heavy atom. The molecule has 2 atom stereocenters. The second-order valence-electron chi connectivity index (χ2n) is 8.25. The molecule has 182 valence electrons. The summed E-state index contributed by atoms with van der Waals surface area (Å²) in [7, 11) is -3.42. The Bertz CT molecular complexity index is 1130. The zero-order chi connectivity index (χ0) is 24.9. The van der Waals surface area contributed by atoms with Crippen molar-refractivity contribution in [2.75, 3.05) is 18.6 Å². The molecule has 2 aromatic carbocycles. The van der Waals surface area contributed by atoms with Crippen LogP contribution in [0.5, 0.6) is 0 Å². The Labute approximate surface area is 198 Å². The van der Waals surface area contributed by atoms with E-state index in [1.54, 1.807) is 6.92 Å². The topological polar surface area (TPSA) is 139 Å². The lowest BCUT2D eigenvalue weighted by atomic mass is 9.98. The molecule has 2 aromatic rings. The van der Waals surface area contributed by atoms with Crippen LogP contribution in [0, 0.1) is 0 Å². The zero-order valence-electron chi connectivity index (χ0n) is 19.0. The summed E-state index contributed by atoms with van der Waals surface area (Å²) in [4.78, 5) is 36.4. The van der Waals surface area contributed by atoms with Crippen molar-refractivity contribution in [1.29, 1.82) is 0 Å². The van der Waals surface area contributed by atoms with Crippen molar-refractivity contribution in [2.45, 2.75) is 37.8 Å². The number of hydrogen-bond acceptors (Lipinski definition) is 6. The molecular formula is C24H28N2O7S. The highest BCUT2D eigenvalue weighted by Crippen LogP contribution is 2.44. The van der Waals surface area contributed by atoms with E-state index in [9.17, 15) is 27.9 Å². The maximum Gasteiger partial charge on any atom is 0.407 e. The molecule has 3 rings (SSSR count). The van der Waals surface area contributed by atoms with E-state index in [4.69, 9.17) is 4.74 Å². The number of alkyl carbamates (subject to hydrolysis) is 1. The molecule has 0 fully saturated rings. The molecule has 0 saturated carbocycles. The molecule has 10 heteroatoms. The van der Waals surface area contributed by atoms with Crippen LogP contribution in [0.15, 0.2) is 48.5 Å². The quantitative estimate of drug-likeness (QED) is 0.466. The van der Waals surface area contributed by atoms with E-state index < -0.39 is 39.9 Å². The van der Waals surface area contributed by atoms with Crippen molar-refractivity contribution >= 4 is 27.8 Å². The molecule has 0 saturated heterocycles. The third-order valence-electron chi connectivity index (χ3n) is 5.75. The molecule has 0 radical (unpaired) electrons. The molecular weight excluding hydrogens is 460 g/mol. The van der Waals surface area contributed by atoms with E-state index in [1.807, 2.05) is 48.5 Å². The Morgan fingerprint density at radius 3 is 2.03 bits per heavy atom. The first-order chi connectivity index (χ1) is 16.1. The van der Waals surface area contributed by atoms with E-state index in [-0.39, 0.29) is 31.1 Å². The maximum absolute atomic E-state index is 12.6. The first-order valence-corrected chi connectivity index (χ1v) is 13.0. The molecule has 1 aliphatic rings. The van der Waals surface area contributed by atoms with Gasteiger partial charge in [0.25, 0.3) is 0 Å². The summed E-state index contributed by atoms with van der Waals surface area (Å²) < 4.78 is 28.6. The smallest absolute Gasteiger partial charge is 0.407 e. The number of nitrogens with one attached hydrogen (secondary N) is 2. The maximum atomic E-state index is 12.6. The first-order valence-electron chi connectivity index (χ1n) is 10.9. The first kappa shape index (κ1) is 25.2. The van der Waals surface area contributed by atoms with Crippen LogP contribution in [-0.2, 0) is 24.2 Å². The molecule has 34 heavy (non-hydrogen) atoms. The van der Waals surface area contributed by atoms with E-state index >= 15 is 0 Å². The van der Waals surface area contributed by atoms with Crippen molar-refractivity contribution in [3.63, 3.8) is 0 Å². The highest BCUT2D eigenvalue weighted by molar-refractivity contribution is 7.90. The van der Waals surface area contributed by atoms with Crippen LogP contribution in [0.2, 0.25) is 0 Å². The number of carbonyl (C=O) groups is 3. The number of amides is 2. The molecule has 0 bridgehead atoms. The van der Waals surface area contributed by atoms with Crippen molar-refractivity contribution in [3.05, 3.63) is 59.7 Å². The van der Waals surface area contributed by atoms with Gasteiger partial charge >= 0.3 is 12.1 Å². The fraction of sp³-hybridized carbons (Fsp3) is 0.375. The Kier molecular flexibility index (Phi) is 7.93. The van der Waals surface area contributed by atoms with E-state index in [2.05, 4.69) is 10.6 Å². The highest BCUT2D eigenvalue weighted by atomic mass is 32.2. The summed E-state index contributed by atoms with van der Waals surface area (Å²) in [5, 5.41) is 13.9. The van der Waals surface area contributed by atoms with Gasteiger partial charge in [-0.2, -0.15) is 0 Å². The predicted molar refractivity (Wildman–Crippen MR) is 126 cm³/mol. The van der Waals surface area contributed by atoms with E-state index in [0.29, 0.717) is 0 Å². The summed E-state index contributed by atoms with van der Waals surface area (Å²) in [6.07, 6.45) is 0.0378. The van der Waals surface area contributed by atoms with Gasteiger partial charge in [0.1, 0.15) is 28.5 Å². The molecule has 0 heterocycles. The SMILES string of the molecule is CC[C@@H](NC(=O)C(CCS(C)(=O)=O)NC(=O)OCC1c2ccccc2-c2ccccc21)C(=O)O. The van der Waals surface area contributed by atoms with Crippen LogP contribution in [0.1, 0.15) is 36.8 Å². The summed E-state index contributed by atoms with van der Waals surface area (Å²) >= 11 is 0. The predicted octanol–water partition coefficient (Wildman–Crippen LogP) is 2.31. The fourth-order valence-corrected chi connectivity index (χ4v) is 4.66. The Morgan fingerprint density at radius 1 is 0.971 bits per heavy atom. The summed E-state index contributed by atoms with van der Waals surface area (Å²) in [5.74, 6) is -2.55. The van der Waals surface area contributed by atoms with E-state index in [1.165, 1.54) is 0 Å². The number of benzene rings is 2. The van der Waals surface area contributed by atoms with Crippen LogP contribution >= 0.6 is 0 Å². The number of ether oxygens (including phenoxy) is 1. The van der Waals surface area contributed by atoms with Crippen molar-refractivity contribution in [3.8, 4) is 11.1 Å². The third kappa shape index (κ3) is 6.13. The molecule has 9 nitrogen and oxygen atoms in total. The summed E-state index contributed by atoms with van der Waals surface area (Å²) in [5.41, 5.74) is 4.18. The van der Waals surface area contributed by atoms with Gasteiger partial charge in [-0.25, -0.2) is 18.0 Å². The van der Waals surface area contributed by atoms with Crippen LogP contribution in [-0.4, -0.2) is 62.2 Å². The molecule has 1 unspecified atom stereocenters. The van der Waals surface area contributed by atoms with Gasteiger partial charge in [0, 0.05) is 12.2 Å². The Balaban J connectivity index is 1.69. The number of carboxylic acids is 1. The van der Waals surface area contributed by atoms with Crippen LogP contribution in [0.3, 0.4) is 0 Å². The summed E-state index contributed by atoms with van der Waals surface area (Å²) in [6, 6.07) is 13.2. The lowest BCUT2D eigenvalue weighted by molar-refractivity contribution is -0.142. The van der Waals surface area contributed by atoms with Gasteiger partial charge in [0.15, 0.2) is 0 Å².